The van der Waals surface area contributed by atoms with Gasteiger partial charge in [-0.05, 0) is 24.0 Å². The Balaban J connectivity index is 1.53. The molecule has 4 rings (SSSR count). The predicted octanol–water partition coefficient (Wildman–Crippen LogP) is 2.65. The minimum absolute atomic E-state index is 0.0684. The lowest BCUT2D eigenvalue weighted by Gasteiger charge is -2.44. The Labute approximate surface area is 172 Å². The van der Waals surface area contributed by atoms with Crippen LogP contribution in [0, 0.1) is 0 Å². The zero-order valence-electron chi connectivity index (χ0n) is 16.8. The average Bonchev–Trinajstić information content (AvgIpc) is 2.76. The molecule has 2 aliphatic heterocycles. The average molecular weight is 395 g/mol. The van der Waals surface area contributed by atoms with Gasteiger partial charge in [0.05, 0.1) is 31.3 Å². The molecule has 2 saturated heterocycles. The van der Waals surface area contributed by atoms with E-state index in [0.717, 1.165) is 43.6 Å². The molecule has 2 aromatic rings. The van der Waals surface area contributed by atoms with Crippen LogP contribution in [0.15, 0.2) is 60.7 Å². The molecule has 1 amide bonds. The highest BCUT2D eigenvalue weighted by atomic mass is 16.5. The number of nitrogens with zero attached hydrogens (tertiary/aromatic N) is 2. The summed E-state index contributed by atoms with van der Waals surface area (Å²) < 4.78 is 6.21. The Morgan fingerprint density at radius 2 is 1.62 bits per heavy atom. The van der Waals surface area contributed by atoms with Crippen LogP contribution in [-0.2, 0) is 16.0 Å². The Morgan fingerprint density at radius 3 is 2.31 bits per heavy atom. The monoisotopic (exact) mass is 394 g/mol. The Bertz CT molecular complexity index is 775. The van der Waals surface area contributed by atoms with E-state index in [2.05, 4.69) is 17.0 Å². The van der Waals surface area contributed by atoms with Crippen molar-refractivity contribution < 1.29 is 14.6 Å². The van der Waals surface area contributed by atoms with Gasteiger partial charge >= 0.3 is 0 Å². The Kier molecular flexibility index (Phi) is 6.60. The first-order valence-corrected chi connectivity index (χ1v) is 10.6. The molecule has 0 saturated carbocycles. The molecule has 29 heavy (non-hydrogen) atoms. The highest BCUT2D eigenvalue weighted by molar-refractivity contribution is 5.79. The van der Waals surface area contributed by atoms with Gasteiger partial charge < -0.3 is 19.6 Å². The van der Waals surface area contributed by atoms with Crippen LogP contribution >= 0.6 is 0 Å². The van der Waals surface area contributed by atoms with Crippen molar-refractivity contribution in [2.75, 3.05) is 32.8 Å². The van der Waals surface area contributed by atoms with Gasteiger partial charge in [0.2, 0.25) is 5.91 Å². The molecule has 2 fully saturated rings. The lowest BCUT2D eigenvalue weighted by molar-refractivity contribution is -0.148. The van der Waals surface area contributed by atoms with Crippen LogP contribution in [-0.4, -0.2) is 65.8 Å². The van der Waals surface area contributed by atoms with Gasteiger partial charge in [-0.3, -0.25) is 4.79 Å². The summed E-state index contributed by atoms with van der Waals surface area (Å²) in [6.45, 7) is 3.70. The number of aliphatic hydroxyl groups is 1. The summed E-state index contributed by atoms with van der Waals surface area (Å²) in [6.07, 6.45) is 1.76. The second-order valence-electron chi connectivity index (χ2n) is 8.05. The number of benzene rings is 2. The molecule has 0 bridgehead atoms. The SMILES string of the molecule is O=C(Cc1ccccc1)N1CCO[C@@H](CN2CCC(O)CC2)[C@@H]1c1ccccc1. The summed E-state index contributed by atoms with van der Waals surface area (Å²) >= 11 is 0. The van der Waals surface area contributed by atoms with Gasteiger partial charge in [-0.1, -0.05) is 60.7 Å². The van der Waals surface area contributed by atoms with Crippen LogP contribution in [0.1, 0.15) is 30.0 Å². The molecule has 2 aromatic carbocycles. The van der Waals surface area contributed by atoms with E-state index in [0.29, 0.717) is 19.6 Å². The van der Waals surface area contributed by atoms with E-state index in [1.165, 1.54) is 0 Å². The van der Waals surface area contributed by atoms with Crippen molar-refractivity contribution in [3.8, 4) is 0 Å². The lowest BCUT2D eigenvalue weighted by atomic mass is 9.96. The van der Waals surface area contributed by atoms with Crippen LogP contribution < -0.4 is 0 Å². The number of piperidine rings is 1. The molecule has 0 radical (unpaired) electrons. The van der Waals surface area contributed by atoms with Crippen molar-refractivity contribution >= 4 is 5.91 Å². The minimum atomic E-state index is -0.188. The molecule has 2 aliphatic rings. The number of hydrogen-bond acceptors (Lipinski definition) is 4. The Hall–Kier alpha value is -2.21. The number of carbonyl (C=O) groups is 1. The van der Waals surface area contributed by atoms with Gasteiger partial charge in [0, 0.05) is 26.2 Å². The molecule has 154 valence electrons. The second-order valence-corrected chi connectivity index (χ2v) is 8.05. The number of hydrogen-bond donors (Lipinski definition) is 1. The number of morpholine rings is 1. The number of aliphatic hydroxyl groups excluding tert-OH is 1. The summed E-state index contributed by atoms with van der Waals surface area (Å²) in [6, 6.07) is 20.1. The molecule has 2 heterocycles. The van der Waals surface area contributed by atoms with Crippen LogP contribution in [0.4, 0.5) is 0 Å². The highest BCUT2D eigenvalue weighted by Gasteiger charge is 2.37. The summed E-state index contributed by atoms with van der Waals surface area (Å²) in [5, 5.41) is 9.81. The summed E-state index contributed by atoms with van der Waals surface area (Å²) in [7, 11) is 0. The molecule has 0 aliphatic carbocycles. The number of likely N-dealkylation sites (tertiary alicyclic amines) is 1. The molecule has 0 spiro atoms. The van der Waals surface area contributed by atoms with E-state index < -0.39 is 0 Å². The highest BCUT2D eigenvalue weighted by Crippen LogP contribution is 2.31. The van der Waals surface area contributed by atoms with Gasteiger partial charge in [-0.25, -0.2) is 0 Å². The zero-order chi connectivity index (χ0) is 20.1. The van der Waals surface area contributed by atoms with E-state index in [4.69, 9.17) is 4.74 Å². The first-order valence-electron chi connectivity index (χ1n) is 10.6. The molecular formula is C24H30N2O3. The fraction of sp³-hybridized carbons (Fsp3) is 0.458. The molecule has 2 atom stereocenters. The number of ether oxygens (including phenoxy) is 1. The van der Waals surface area contributed by atoms with Crippen molar-refractivity contribution in [3.63, 3.8) is 0 Å². The molecule has 5 heteroatoms. The van der Waals surface area contributed by atoms with Gasteiger partial charge in [0.25, 0.3) is 0 Å². The largest absolute Gasteiger partial charge is 0.393 e. The maximum atomic E-state index is 13.3. The lowest BCUT2D eigenvalue weighted by Crippen LogP contribution is -2.53. The normalized spacial score (nSPS) is 23.8. The Morgan fingerprint density at radius 1 is 0.966 bits per heavy atom. The zero-order valence-corrected chi connectivity index (χ0v) is 16.8. The van der Waals surface area contributed by atoms with Crippen molar-refractivity contribution in [1.29, 1.82) is 0 Å². The number of rotatable bonds is 5. The summed E-state index contributed by atoms with van der Waals surface area (Å²) in [5.41, 5.74) is 2.16. The molecule has 1 N–H and O–H groups in total. The van der Waals surface area contributed by atoms with E-state index in [9.17, 15) is 9.90 Å². The maximum Gasteiger partial charge on any atom is 0.227 e. The molecular weight excluding hydrogens is 364 g/mol. The summed E-state index contributed by atoms with van der Waals surface area (Å²) in [4.78, 5) is 17.6. The third-order valence-corrected chi connectivity index (χ3v) is 6.01. The summed E-state index contributed by atoms with van der Waals surface area (Å²) in [5.74, 6) is 0.146. The minimum Gasteiger partial charge on any atom is -0.393 e. The smallest absolute Gasteiger partial charge is 0.227 e. The number of carbonyl (C=O) groups excluding carboxylic acids is 1. The first-order chi connectivity index (χ1) is 14.2. The molecule has 5 nitrogen and oxygen atoms in total. The van der Waals surface area contributed by atoms with Gasteiger partial charge in [-0.2, -0.15) is 0 Å². The topological polar surface area (TPSA) is 53.0 Å². The van der Waals surface area contributed by atoms with Crippen LogP contribution in [0.2, 0.25) is 0 Å². The fourth-order valence-electron chi connectivity index (χ4n) is 4.44. The van der Waals surface area contributed by atoms with Crippen molar-refractivity contribution in [1.82, 2.24) is 9.80 Å². The van der Waals surface area contributed by atoms with E-state index in [-0.39, 0.29) is 24.2 Å². The second kappa shape index (κ2) is 9.53. The van der Waals surface area contributed by atoms with Crippen molar-refractivity contribution in [2.24, 2.45) is 0 Å². The van der Waals surface area contributed by atoms with Crippen LogP contribution in [0.5, 0.6) is 0 Å². The van der Waals surface area contributed by atoms with Crippen LogP contribution in [0.3, 0.4) is 0 Å². The quantitative estimate of drug-likeness (QED) is 0.847. The van der Waals surface area contributed by atoms with Crippen molar-refractivity contribution in [3.05, 3.63) is 71.8 Å². The van der Waals surface area contributed by atoms with E-state index in [1.807, 2.05) is 53.4 Å². The fourth-order valence-corrected chi connectivity index (χ4v) is 4.44. The van der Waals surface area contributed by atoms with E-state index in [1.54, 1.807) is 0 Å². The first kappa shape index (κ1) is 20.1. The van der Waals surface area contributed by atoms with E-state index >= 15 is 0 Å². The third kappa shape index (κ3) is 5.04. The standard InChI is InChI=1S/C24H30N2O3/c27-21-11-13-25(14-12-21)18-22-24(20-9-5-2-6-10-20)26(15-16-29-22)23(28)17-19-7-3-1-4-8-19/h1-10,21-22,24,27H,11-18H2/t22-,24-/m0/s1. The number of amides is 1. The van der Waals surface area contributed by atoms with Crippen LogP contribution in [0.25, 0.3) is 0 Å². The maximum absolute atomic E-state index is 13.3. The van der Waals surface area contributed by atoms with Crippen molar-refractivity contribution in [2.45, 2.75) is 37.5 Å². The van der Waals surface area contributed by atoms with Gasteiger partial charge in [0.1, 0.15) is 0 Å². The predicted molar refractivity (Wildman–Crippen MR) is 112 cm³/mol. The molecule has 0 aromatic heterocycles. The molecule has 0 unspecified atom stereocenters. The third-order valence-electron chi connectivity index (χ3n) is 6.01. The van der Waals surface area contributed by atoms with Gasteiger partial charge in [0.15, 0.2) is 0 Å². The van der Waals surface area contributed by atoms with Gasteiger partial charge in [-0.15, -0.1) is 0 Å².